The van der Waals surface area contributed by atoms with Gasteiger partial charge in [0.15, 0.2) is 11.0 Å². The fourth-order valence-electron chi connectivity index (χ4n) is 2.84. The van der Waals surface area contributed by atoms with Crippen LogP contribution >= 0.6 is 11.8 Å². The fourth-order valence-corrected chi connectivity index (χ4v) is 3.59. The Morgan fingerprint density at radius 2 is 1.77 bits per heavy atom. The zero-order valence-electron chi connectivity index (χ0n) is 16.2. The summed E-state index contributed by atoms with van der Waals surface area (Å²) < 4.78 is 7.15. The van der Waals surface area contributed by atoms with Crippen molar-refractivity contribution >= 4 is 23.4 Å². The van der Waals surface area contributed by atoms with E-state index in [1.165, 1.54) is 11.8 Å². The standard InChI is InChI=1S/C22H19N5O2S/c1-29-18-12-10-17(11-13-18)27-21(19-9-5-6-14-23-19)25-26-22(27)30-15-20(28)24-16-7-3-2-4-8-16/h2-14H,15H2,1H3,(H,24,28). The SMILES string of the molecule is COc1ccc(-n2c(SCC(=O)Nc3ccccc3)nnc2-c2ccccn2)cc1. The molecular weight excluding hydrogens is 398 g/mol. The van der Waals surface area contributed by atoms with Gasteiger partial charge in [-0.1, -0.05) is 36.0 Å². The van der Waals surface area contributed by atoms with Gasteiger partial charge in [0, 0.05) is 11.9 Å². The molecule has 0 unspecified atom stereocenters. The minimum atomic E-state index is -0.116. The van der Waals surface area contributed by atoms with Gasteiger partial charge in [0.1, 0.15) is 11.4 Å². The lowest BCUT2D eigenvalue weighted by molar-refractivity contribution is -0.113. The number of nitrogens with one attached hydrogen (secondary N) is 1. The molecule has 0 radical (unpaired) electrons. The number of thioether (sulfide) groups is 1. The highest BCUT2D eigenvalue weighted by atomic mass is 32.2. The Bertz CT molecular complexity index is 1120. The van der Waals surface area contributed by atoms with Crippen molar-refractivity contribution in [1.82, 2.24) is 19.7 Å². The largest absolute Gasteiger partial charge is 0.497 e. The summed E-state index contributed by atoms with van der Waals surface area (Å²) in [5.41, 5.74) is 2.31. The van der Waals surface area contributed by atoms with E-state index >= 15 is 0 Å². The number of ether oxygens (including phenoxy) is 1. The summed E-state index contributed by atoms with van der Waals surface area (Å²) >= 11 is 1.31. The molecular formula is C22H19N5O2S. The van der Waals surface area contributed by atoms with E-state index in [0.29, 0.717) is 16.7 Å². The number of anilines is 1. The number of benzene rings is 2. The number of carbonyl (C=O) groups is 1. The van der Waals surface area contributed by atoms with Crippen LogP contribution in [0.2, 0.25) is 0 Å². The molecule has 4 rings (SSSR count). The summed E-state index contributed by atoms with van der Waals surface area (Å²) in [5.74, 6) is 1.44. The number of nitrogens with zero attached hydrogens (tertiary/aromatic N) is 4. The normalized spacial score (nSPS) is 10.6. The number of carbonyl (C=O) groups excluding carboxylic acids is 1. The predicted octanol–water partition coefficient (Wildman–Crippen LogP) is 4.07. The molecule has 2 aromatic heterocycles. The second-order valence-electron chi connectivity index (χ2n) is 6.26. The van der Waals surface area contributed by atoms with E-state index in [4.69, 9.17) is 4.74 Å². The predicted molar refractivity (Wildman–Crippen MR) is 117 cm³/mol. The maximum absolute atomic E-state index is 12.4. The van der Waals surface area contributed by atoms with E-state index < -0.39 is 0 Å². The second kappa shape index (κ2) is 9.23. The van der Waals surface area contributed by atoms with Crippen molar-refractivity contribution in [2.45, 2.75) is 5.16 Å². The maximum atomic E-state index is 12.4. The summed E-state index contributed by atoms with van der Waals surface area (Å²) in [5, 5.41) is 12.1. The van der Waals surface area contributed by atoms with Crippen molar-refractivity contribution < 1.29 is 9.53 Å². The van der Waals surface area contributed by atoms with Gasteiger partial charge in [-0.15, -0.1) is 10.2 Å². The van der Waals surface area contributed by atoms with Gasteiger partial charge in [-0.25, -0.2) is 0 Å². The summed E-state index contributed by atoms with van der Waals surface area (Å²) in [4.78, 5) is 16.8. The van der Waals surface area contributed by atoms with Gasteiger partial charge in [-0.3, -0.25) is 14.3 Å². The summed E-state index contributed by atoms with van der Waals surface area (Å²) in [6.45, 7) is 0. The first-order chi connectivity index (χ1) is 14.7. The molecule has 4 aromatic rings. The van der Waals surface area contributed by atoms with Gasteiger partial charge in [-0.2, -0.15) is 0 Å². The molecule has 1 amide bonds. The number of pyridine rings is 1. The van der Waals surface area contributed by atoms with Crippen molar-refractivity contribution in [3.63, 3.8) is 0 Å². The molecule has 8 heteroatoms. The number of rotatable bonds is 7. The Morgan fingerprint density at radius 3 is 2.47 bits per heavy atom. The van der Waals surface area contributed by atoms with Gasteiger partial charge >= 0.3 is 0 Å². The van der Waals surface area contributed by atoms with Gasteiger partial charge < -0.3 is 10.1 Å². The van der Waals surface area contributed by atoms with E-state index in [1.54, 1.807) is 13.3 Å². The third-order valence-corrected chi connectivity index (χ3v) is 5.18. The minimum absolute atomic E-state index is 0.116. The van der Waals surface area contributed by atoms with E-state index in [9.17, 15) is 4.79 Å². The Balaban J connectivity index is 1.60. The van der Waals surface area contributed by atoms with Crippen molar-refractivity contribution in [2.24, 2.45) is 0 Å². The molecule has 30 heavy (non-hydrogen) atoms. The van der Waals surface area contributed by atoms with Crippen molar-refractivity contribution in [2.75, 3.05) is 18.2 Å². The first-order valence-corrected chi connectivity index (χ1v) is 10.2. The van der Waals surface area contributed by atoms with Gasteiger partial charge in [0.2, 0.25) is 5.91 Å². The lowest BCUT2D eigenvalue weighted by atomic mass is 10.3. The van der Waals surface area contributed by atoms with Crippen LogP contribution in [0, 0.1) is 0 Å². The Morgan fingerprint density at radius 1 is 1.00 bits per heavy atom. The van der Waals surface area contributed by atoms with Crippen molar-refractivity contribution in [3.05, 3.63) is 79.0 Å². The maximum Gasteiger partial charge on any atom is 0.234 e. The molecule has 7 nitrogen and oxygen atoms in total. The molecule has 0 atom stereocenters. The number of amides is 1. The number of aromatic nitrogens is 4. The first-order valence-electron chi connectivity index (χ1n) is 9.23. The summed E-state index contributed by atoms with van der Waals surface area (Å²) in [6, 6.07) is 22.6. The number of methoxy groups -OCH3 is 1. The molecule has 0 saturated heterocycles. The van der Waals surface area contributed by atoms with Crippen LogP contribution in [0.5, 0.6) is 5.75 Å². The number of para-hydroxylation sites is 1. The first kappa shape index (κ1) is 19.7. The number of hydrogen-bond acceptors (Lipinski definition) is 6. The minimum Gasteiger partial charge on any atom is -0.497 e. The highest BCUT2D eigenvalue weighted by Gasteiger charge is 2.18. The van der Waals surface area contributed by atoms with E-state index in [1.807, 2.05) is 77.4 Å². The van der Waals surface area contributed by atoms with Crippen LogP contribution in [-0.4, -0.2) is 38.5 Å². The quantitative estimate of drug-likeness (QED) is 0.457. The Kier molecular flexibility index (Phi) is 6.05. The van der Waals surface area contributed by atoms with E-state index in [-0.39, 0.29) is 11.7 Å². The highest BCUT2D eigenvalue weighted by Crippen LogP contribution is 2.28. The Labute approximate surface area is 178 Å². The zero-order chi connectivity index (χ0) is 20.8. The smallest absolute Gasteiger partial charge is 0.234 e. The Hall–Kier alpha value is -3.65. The van der Waals surface area contributed by atoms with Crippen LogP contribution in [0.15, 0.2) is 84.1 Å². The average Bonchev–Trinajstić information content (AvgIpc) is 3.23. The average molecular weight is 417 g/mol. The van der Waals surface area contributed by atoms with Crippen LogP contribution in [0.25, 0.3) is 17.2 Å². The molecule has 0 spiro atoms. The third kappa shape index (κ3) is 4.49. The van der Waals surface area contributed by atoms with Crippen LogP contribution in [0.3, 0.4) is 0 Å². The lowest BCUT2D eigenvalue weighted by Gasteiger charge is -2.11. The van der Waals surface area contributed by atoms with Crippen molar-refractivity contribution in [1.29, 1.82) is 0 Å². The van der Waals surface area contributed by atoms with E-state index in [0.717, 1.165) is 17.1 Å². The van der Waals surface area contributed by atoms with Gasteiger partial charge in [0.05, 0.1) is 18.6 Å². The van der Waals surface area contributed by atoms with Crippen LogP contribution in [0.4, 0.5) is 5.69 Å². The van der Waals surface area contributed by atoms with Crippen molar-refractivity contribution in [3.8, 4) is 23.0 Å². The molecule has 150 valence electrons. The second-order valence-corrected chi connectivity index (χ2v) is 7.20. The third-order valence-electron chi connectivity index (χ3n) is 4.25. The molecule has 0 fully saturated rings. The van der Waals surface area contributed by atoms with E-state index in [2.05, 4.69) is 20.5 Å². The molecule has 2 heterocycles. The molecule has 2 aromatic carbocycles. The lowest BCUT2D eigenvalue weighted by Crippen LogP contribution is -2.14. The molecule has 1 N–H and O–H groups in total. The molecule has 0 aliphatic carbocycles. The molecule has 0 bridgehead atoms. The molecule has 0 aliphatic rings. The highest BCUT2D eigenvalue weighted by molar-refractivity contribution is 7.99. The van der Waals surface area contributed by atoms with Gasteiger partial charge in [-0.05, 0) is 48.5 Å². The summed E-state index contributed by atoms with van der Waals surface area (Å²) in [7, 11) is 1.62. The zero-order valence-corrected chi connectivity index (χ0v) is 17.0. The monoisotopic (exact) mass is 417 g/mol. The fraction of sp³-hybridized carbons (Fsp3) is 0.0909. The van der Waals surface area contributed by atoms with Crippen LogP contribution in [-0.2, 0) is 4.79 Å². The number of hydrogen-bond donors (Lipinski definition) is 1. The van der Waals surface area contributed by atoms with Gasteiger partial charge in [0.25, 0.3) is 0 Å². The molecule has 0 saturated carbocycles. The summed E-state index contributed by atoms with van der Waals surface area (Å²) in [6.07, 6.45) is 1.71. The molecule has 0 aliphatic heterocycles. The van der Waals surface area contributed by atoms with Crippen LogP contribution in [0.1, 0.15) is 0 Å². The van der Waals surface area contributed by atoms with Crippen LogP contribution < -0.4 is 10.1 Å². The topological polar surface area (TPSA) is 81.9 Å².